The van der Waals surface area contributed by atoms with Crippen LogP contribution in [0.15, 0.2) is 6.20 Å². The summed E-state index contributed by atoms with van der Waals surface area (Å²) in [6.45, 7) is -1.24. The van der Waals surface area contributed by atoms with Gasteiger partial charge in [0.2, 0.25) is 0 Å². The molecule has 0 aliphatic heterocycles. The van der Waals surface area contributed by atoms with Gasteiger partial charge in [-0.1, -0.05) is 5.21 Å². The first-order valence-corrected chi connectivity index (χ1v) is 2.92. The Morgan fingerprint density at radius 3 is 2.73 bits per heavy atom. The lowest BCUT2D eigenvalue weighted by Gasteiger charge is -2.07. The van der Waals surface area contributed by atoms with Crippen molar-refractivity contribution < 1.29 is 13.9 Å². The third-order valence-electron chi connectivity index (χ3n) is 1.18. The molecule has 1 heterocycles. The zero-order valence-corrected chi connectivity index (χ0v) is 5.83. The minimum atomic E-state index is -3.28. The second kappa shape index (κ2) is 2.54. The third-order valence-corrected chi connectivity index (χ3v) is 1.18. The van der Waals surface area contributed by atoms with Crippen LogP contribution in [0.2, 0.25) is 0 Å². The summed E-state index contributed by atoms with van der Waals surface area (Å²) in [7, 11) is 1.48. The van der Waals surface area contributed by atoms with E-state index in [0.29, 0.717) is 0 Å². The first-order valence-electron chi connectivity index (χ1n) is 2.92. The fourth-order valence-corrected chi connectivity index (χ4v) is 0.596. The van der Waals surface area contributed by atoms with Crippen molar-refractivity contribution in [3.05, 3.63) is 11.9 Å². The average Bonchev–Trinajstić information content (AvgIpc) is 2.36. The molecule has 0 radical (unpaired) electrons. The highest BCUT2D eigenvalue weighted by Gasteiger charge is 2.33. The van der Waals surface area contributed by atoms with E-state index in [2.05, 4.69) is 10.3 Å². The fraction of sp³-hybridized carbons (Fsp3) is 0.600. The van der Waals surface area contributed by atoms with E-state index in [-0.39, 0.29) is 0 Å². The molecule has 0 saturated carbocycles. The molecule has 0 amide bonds. The number of aromatic nitrogens is 3. The smallest absolute Gasteiger partial charge is 0.315 e. The molecule has 11 heavy (non-hydrogen) atoms. The van der Waals surface area contributed by atoms with Gasteiger partial charge in [-0.3, -0.25) is 4.68 Å². The van der Waals surface area contributed by atoms with E-state index in [9.17, 15) is 8.78 Å². The van der Waals surface area contributed by atoms with Crippen molar-refractivity contribution in [2.24, 2.45) is 7.05 Å². The van der Waals surface area contributed by atoms with E-state index in [1.54, 1.807) is 0 Å². The van der Waals surface area contributed by atoms with E-state index < -0.39 is 18.2 Å². The van der Waals surface area contributed by atoms with Crippen LogP contribution >= 0.6 is 0 Å². The van der Waals surface area contributed by atoms with Crippen LogP contribution < -0.4 is 0 Å². The molecule has 0 saturated heterocycles. The predicted molar refractivity (Wildman–Crippen MR) is 32.0 cm³/mol. The van der Waals surface area contributed by atoms with E-state index in [1.165, 1.54) is 7.05 Å². The Labute approximate surface area is 61.4 Å². The van der Waals surface area contributed by atoms with Crippen molar-refractivity contribution >= 4 is 0 Å². The number of aliphatic hydroxyl groups excluding tert-OH is 1. The van der Waals surface area contributed by atoms with Crippen molar-refractivity contribution in [2.75, 3.05) is 6.61 Å². The minimum Gasteiger partial charge on any atom is -0.390 e. The molecular formula is C5H7F2N3O. The molecule has 1 N–H and O–H groups in total. The lowest BCUT2D eigenvalue weighted by Crippen LogP contribution is -2.18. The van der Waals surface area contributed by atoms with Gasteiger partial charge in [-0.15, -0.1) is 5.10 Å². The summed E-state index contributed by atoms with van der Waals surface area (Å²) < 4.78 is 26.2. The molecule has 0 unspecified atom stereocenters. The summed E-state index contributed by atoms with van der Waals surface area (Å²) in [4.78, 5) is 0. The predicted octanol–water partition coefficient (Wildman–Crippen LogP) is -0.101. The van der Waals surface area contributed by atoms with E-state index in [1.807, 2.05) is 0 Å². The Morgan fingerprint density at radius 2 is 2.36 bits per heavy atom. The molecule has 1 aromatic heterocycles. The Hall–Kier alpha value is -1.04. The summed E-state index contributed by atoms with van der Waals surface area (Å²) >= 11 is 0. The lowest BCUT2D eigenvalue weighted by molar-refractivity contribution is -0.0593. The molecule has 0 aromatic carbocycles. The third kappa shape index (κ3) is 1.51. The molecule has 0 fully saturated rings. The summed E-state index contributed by atoms with van der Waals surface area (Å²) in [5.41, 5.74) is -0.512. The normalized spacial score (nSPS) is 12.0. The Bertz CT molecular complexity index is 248. The number of alkyl halides is 2. The van der Waals surface area contributed by atoms with Crippen LogP contribution in [-0.2, 0) is 13.0 Å². The van der Waals surface area contributed by atoms with Crippen LogP contribution in [0.25, 0.3) is 0 Å². The SMILES string of the molecule is Cn1cc(C(F)(F)CO)nn1. The zero-order chi connectivity index (χ0) is 8.48. The second-order valence-corrected chi connectivity index (χ2v) is 2.14. The second-order valence-electron chi connectivity index (χ2n) is 2.14. The van der Waals surface area contributed by atoms with Crippen molar-refractivity contribution in [1.82, 2.24) is 15.0 Å². The quantitative estimate of drug-likeness (QED) is 0.662. The summed E-state index contributed by atoms with van der Waals surface area (Å²) in [6.07, 6.45) is 1.07. The molecule has 0 spiro atoms. The van der Waals surface area contributed by atoms with Gasteiger partial charge in [0.15, 0.2) is 5.69 Å². The first-order chi connectivity index (χ1) is 5.06. The summed E-state index contributed by atoms with van der Waals surface area (Å²) in [5, 5.41) is 14.7. The molecular weight excluding hydrogens is 156 g/mol. The van der Waals surface area contributed by atoms with Crippen molar-refractivity contribution in [3.8, 4) is 0 Å². The van der Waals surface area contributed by atoms with Gasteiger partial charge in [-0.25, -0.2) is 0 Å². The Balaban J connectivity index is 2.92. The van der Waals surface area contributed by atoms with Gasteiger partial charge in [0.1, 0.15) is 6.61 Å². The lowest BCUT2D eigenvalue weighted by atomic mass is 10.3. The van der Waals surface area contributed by atoms with Gasteiger partial charge in [-0.05, 0) is 0 Å². The van der Waals surface area contributed by atoms with Crippen molar-refractivity contribution in [2.45, 2.75) is 5.92 Å². The van der Waals surface area contributed by atoms with E-state index in [0.717, 1.165) is 10.9 Å². The van der Waals surface area contributed by atoms with Gasteiger partial charge < -0.3 is 5.11 Å². The average molecular weight is 163 g/mol. The topological polar surface area (TPSA) is 50.9 Å². The van der Waals surface area contributed by atoms with E-state index >= 15 is 0 Å². The van der Waals surface area contributed by atoms with Gasteiger partial charge in [-0.2, -0.15) is 8.78 Å². The number of hydrogen-bond donors (Lipinski definition) is 1. The molecule has 1 aromatic rings. The zero-order valence-electron chi connectivity index (χ0n) is 5.83. The van der Waals surface area contributed by atoms with Crippen LogP contribution in [0.3, 0.4) is 0 Å². The molecule has 1 rings (SSSR count). The number of aliphatic hydroxyl groups is 1. The maximum Gasteiger partial charge on any atom is 0.315 e. The minimum absolute atomic E-state index is 0.512. The van der Waals surface area contributed by atoms with Gasteiger partial charge in [0, 0.05) is 7.05 Å². The molecule has 0 aliphatic rings. The molecule has 62 valence electrons. The van der Waals surface area contributed by atoms with Crippen LogP contribution in [0.1, 0.15) is 5.69 Å². The van der Waals surface area contributed by atoms with Crippen LogP contribution in [-0.4, -0.2) is 26.7 Å². The molecule has 4 nitrogen and oxygen atoms in total. The van der Waals surface area contributed by atoms with Crippen molar-refractivity contribution in [3.63, 3.8) is 0 Å². The highest BCUT2D eigenvalue weighted by Crippen LogP contribution is 2.23. The summed E-state index contributed by atoms with van der Waals surface area (Å²) in [6, 6.07) is 0. The maximum atomic E-state index is 12.5. The monoisotopic (exact) mass is 163 g/mol. The van der Waals surface area contributed by atoms with Crippen molar-refractivity contribution in [1.29, 1.82) is 0 Å². The van der Waals surface area contributed by atoms with Crippen LogP contribution in [0.5, 0.6) is 0 Å². The van der Waals surface area contributed by atoms with Gasteiger partial charge >= 0.3 is 5.92 Å². The molecule has 6 heteroatoms. The first kappa shape index (κ1) is 8.06. The van der Waals surface area contributed by atoms with Crippen LogP contribution in [0.4, 0.5) is 8.78 Å². The number of aryl methyl sites for hydroxylation is 1. The number of nitrogens with zero attached hydrogens (tertiary/aromatic N) is 3. The summed E-state index contributed by atoms with van der Waals surface area (Å²) in [5.74, 6) is -3.28. The largest absolute Gasteiger partial charge is 0.390 e. The number of halogens is 2. The molecule has 0 atom stereocenters. The standard InChI is InChI=1S/C5H7F2N3O/c1-10-2-4(8-9-10)5(6,7)3-11/h2,11H,3H2,1H3. The fourth-order valence-electron chi connectivity index (χ4n) is 0.596. The molecule has 0 bridgehead atoms. The highest BCUT2D eigenvalue weighted by molar-refractivity contribution is 5.01. The van der Waals surface area contributed by atoms with Gasteiger partial charge in [0.25, 0.3) is 0 Å². The Morgan fingerprint density at radius 1 is 1.73 bits per heavy atom. The Kier molecular flexibility index (Phi) is 1.86. The highest BCUT2D eigenvalue weighted by atomic mass is 19.3. The maximum absolute atomic E-state index is 12.5. The molecule has 0 aliphatic carbocycles. The van der Waals surface area contributed by atoms with Crippen LogP contribution in [0, 0.1) is 0 Å². The van der Waals surface area contributed by atoms with Gasteiger partial charge in [0.05, 0.1) is 6.20 Å². The number of hydrogen-bond acceptors (Lipinski definition) is 3. The van der Waals surface area contributed by atoms with E-state index in [4.69, 9.17) is 5.11 Å². The number of rotatable bonds is 2.